The molecule has 0 fully saturated rings. The van der Waals surface area contributed by atoms with E-state index in [2.05, 4.69) is 15.8 Å². The topological polar surface area (TPSA) is 79.8 Å². The molecule has 0 aliphatic carbocycles. The molecule has 158 valence electrons. The molecule has 2 N–H and O–H groups in total. The Morgan fingerprint density at radius 1 is 0.968 bits per heavy atom. The maximum Gasteiger partial charge on any atom is 0.329 e. The maximum absolute atomic E-state index is 12.0. The summed E-state index contributed by atoms with van der Waals surface area (Å²) in [7, 11) is 0. The van der Waals surface area contributed by atoms with Gasteiger partial charge >= 0.3 is 11.8 Å². The van der Waals surface area contributed by atoms with Gasteiger partial charge in [-0.1, -0.05) is 59.6 Å². The molecule has 0 aromatic heterocycles. The van der Waals surface area contributed by atoms with Gasteiger partial charge in [0.1, 0.15) is 12.4 Å². The van der Waals surface area contributed by atoms with Crippen molar-refractivity contribution in [2.24, 2.45) is 5.10 Å². The van der Waals surface area contributed by atoms with Crippen LogP contribution in [0.2, 0.25) is 10.0 Å². The quantitative estimate of drug-likeness (QED) is 0.312. The van der Waals surface area contributed by atoms with Crippen molar-refractivity contribution in [1.29, 1.82) is 0 Å². The van der Waals surface area contributed by atoms with Crippen LogP contribution >= 0.6 is 23.2 Å². The first-order valence-electron chi connectivity index (χ1n) is 9.29. The van der Waals surface area contributed by atoms with Crippen molar-refractivity contribution in [1.82, 2.24) is 5.43 Å². The van der Waals surface area contributed by atoms with Gasteiger partial charge in [-0.15, -0.1) is 0 Å². The van der Waals surface area contributed by atoms with E-state index >= 15 is 0 Å². The van der Waals surface area contributed by atoms with Gasteiger partial charge < -0.3 is 10.1 Å². The standard InChI is InChI=1S/C23H19Cl2N3O3/c1-15-9-10-18(12-21(15)25)27-22(29)23(30)28-26-13-16-5-4-7-19(11-16)31-14-17-6-2-3-8-20(17)24/h2-13H,14H2,1H3,(H,27,29)(H,28,30)/b26-13-. The Bertz CT molecular complexity index is 1130. The molecule has 0 aliphatic heterocycles. The van der Waals surface area contributed by atoms with Gasteiger partial charge in [0.15, 0.2) is 0 Å². The molecule has 3 rings (SSSR count). The fraction of sp³-hybridized carbons (Fsp3) is 0.0870. The molecule has 0 unspecified atom stereocenters. The monoisotopic (exact) mass is 455 g/mol. The molecular formula is C23H19Cl2N3O3. The lowest BCUT2D eigenvalue weighted by atomic mass is 10.2. The molecule has 3 aromatic rings. The Morgan fingerprint density at radius 3 is 2.55 bits per heavy atom. The largest absolute Gasteiger partial charge is 0.489 e. The number of carbonyl (C=O) groups is 2. The van der Waals surface area contributed by atoms with Crippen molar-refractivity contribution < 1.29 is 14.3 Å². The van der Waals surface area contributed by atoms with Gasteiger partial charge in [0.2, 0.25) is 0 Å². The summed E-state index contributed by atoms with van der Waals surface area (Å²) in [6.07, 6.45) is 1.41. The molecule has 0 saturated heterocycles. The van der Waals surface area contributed by atoms with Crippen LogP contribution in [0.5, 0.6) is 5.75 Å². The lowest BCUT2D eigenvalue weighted by Crippen LogP contribution is -2.32. The zero-order chi connectivity index (χ0) is 22.2. The molecule has 0 aliphatic rings. The van der Waals surface area contributed by atoms with Crippen LogP contribution in [0, 0.1) is 6.92 Å². The molecule has 0 heterocycles. The Labute approximate surface area is 189 Å². The number of carbonyl (C=O) groups excluding carboxylic acids is 2. The zero-order valence-corrected chi connectivity index (χ0v) is 18.1. The lowest BCUT2D eigenvalue weighted by Gasteiger charge is -2.08. The van der Waals surface area contributed by atoms with Crippen molar-refractivity contribution in [3.05, 3.63) is 93.5 Å². The van der Waals surface area contributed by atoms with Crippen LogP contribution in [0.3, 0.4) is 0 Å². The number of nitrogens with zero attached hydrogens (tertiary/aromatic N) is 1. The molecule has 3 aromatic carbocycles. The fourth-order valence-corrected chi connectivity index (χ4v) is 2.91. The molecule has 0 atom stereocenters. The summed E-state index contributed by atoms with van der Waals surface area (Å²) in [4.78, 5) is 23.9. The number of hydrazone groups is 1. The zero-order valence-electron chi connectivity index (χ0n) is 16.6. The van der Waals surface area contributed by atoms with E-state index in [1.165, 1.54) is 6.21 Å². The van der Waals surface area contributed by atoms with Gasteiger partial charge in [0, 0.05) is 21.3 Å². The minimum absolute atomic E-state index is 0.320. The highest BCUT2D eigenvalue weighted by atomic mass is 35.5. The minimum atomic E-state index is -0.904. The lowest BCUT2D eigenvalue weighted by molar-refractivity contribution is -0.136. The van der Waals surface area contributed by atoms with E-state index in [-0.39, 0.29) is 0 Å². The number of anilines is 1. The summed E-state index contributed by atoms with van der Waals surface area (Å²) in [6.45, 7) is 2.16. The van der Waals surface area contributed by atoms with E-state index in [4.69, 9.17) is 27.9 Å². The molecule has 0 saturated carbocycles. The first kappa shape index (κ1) is 22.3. The molecule has 31 heavy (non-hydrogen) atoms. The number of hydrogen-bond acceptors (Lipinski definition) is 4. The Morgan fingerprint density at radius 2 is 1.77 bits per heavy atom. The minimum Gasteiger partial charge on any atom is -0.489 e. The molecular weight excluding hydrogens is 437 g/mol. The molecule has 6 nitrogen and oxygen atoms in total. The van der Waals surface area contributed by atoms with Crippen molar-refractivity contribution in [2.75, 3.05) is 5.32 Å². The molecule has 8 heteroatoms. The highest BCUT2D eigenvalue weighted by molar-refractivity contribution is 6.39. The summed E-state index contributed by atoms with van der Waals surface area (Å²) < 4.78 is 5.76. The predicted molar refractivity (Wildman–Crippen MR) is 123 cm³/mol. The molecule has 0 spiro atoms. The first-order chi connectivity index (χ1) is 14.9. The van der Waals surface area contributed by atoms with Crippen LogP contribution in [-0.2, 0) is 16.2 Å². The number of halogens is 2. The number of benzene rings is 3. The third-order valence-electron chi connectivity index (χ3n) is 4.23. The van der Waals surface area contributed by atoms with Crippen molar-refractivity contribution >= 4 is 46.9 Å². The Hall–Kier alpha value is -3.35. The van der Waals surface area contributed by atoms with Crippen LogP contribution in [-0.4, -0.2) is 18.0 Å². The van der Waals surface area contributed by atoms with Crippen LogP contribution in [0.1, 0.15) is 16.7 Å². The summed E-state index contributed by atoms with van der Waals surface area (Å²) in [5.41, 5.74) is 5.03. The van der Waals surface area contributed by atoms with Gasteiger partial charge in [-0.3, -0.25) is 9.59 Å². The highest BCUT2D eigenvalue weighted by Crippen LogP contribution is 2.20. The van der Waals surface area contributed by atoms with Gasteiger partial charge in [-0.05, 0) is 48.4 Å². The van der Waals surface area contributed by atoms with Gasteiger partial charge in [0.25, 0.3) is 0 Å². The van der Waals surface area contributed by atoms with Crippen LogP contribution in [0.4, 0.5) is 5.69 Å². The van der Waals surface area contributed by atoms with E-state index in [0.29, 0.717) is 33.7 Å². The van der Waals surface area contributed by atoms with Crippen molar-refractivity contribution in [3.63, 3.8) is 0 Å². The number of nitrogens with one attached hydrogen (secondary N) is 2. The average Bonchev–Trinajstić information content (AvgIpc) is 2.76. The van der Waals surface area contributed by atoms with E-state index in [1.807, 2.05) is 25.1 Å². The van der Waals surface area contributed by atoms with Gasteiger partial charge in [-0.2, -0.15) is 5.10 Å². The number of aryl methyl sites for hydroxylation is 1. The summed E-state index contributed by atoms with van der Waals surface area (Å²) in [5.74, 6) is -1.14. The van der Waals surface area contributed by atoms with Crippen LogP contribution < -0.4 is 15.5 Å². The van der Waals surface area contributed by atoms with Crippen molar-refractivity contribution in [2.45, 2.75) is 13.5 Å². The fourth-order valence-electron chi connectivity index (χ4n) is 2.54. The summed E-state index contributed by atoms with van der Waals surface area (Å²) >= 11 is 12.1. The van der Waals surface area contributed by atoms with E-state index in [9.17, 15) is 9.59 Å². The van der Waals surface area contributed by atoms with E-state index in [1.54, 1.807) is 48.5 Å². The number of amides is 2. The Kier molecular flexibility index (Phi) is 7.65. The number of hydrogen-bond donors (Lipinski definition) is 2. The highest BCUT2D eigenvalue weighted by Gasteiger charge is 2.13. The van der Waals surface area contributed by atoms with Gasteiger partial charge in [0.05, 0.1) is 6.21 Å². The first-order valence-corrected chi connectivity index (χ1v) is 10.0. The average molecular weight is 456 g/mol. The predicted octanol–water partition coefficient (Wildman–Crippen LogP) is 4.97. The summed E-state index contributed by atoms with van der Waals surface area (Å²) in [6, 6.07) is 19.5. The smallest absolute Gasteiger partial charge is 0.329 e. The number of ether oxygens (including phenoxy) is 1. The normalized spacial score (nSPS) is 10.7. The van der Waals surface area contributed by atoms with Gasteiger partial charge in [-0.25, -0.2) is 5.43 Å². The second-order valence-corrected chi connectivity index (χ2v) is 7.38. The maximum atomic E-state index is 12.0. The SMILES string of the molecule is Cc1ccc(NC(=O)C(=O)N/N=C\c2cccc(OCc3ccccc3Cl)c2)cc1Cl. The second kappa shape index (κ2) is 10.6. The van der Waals surface area contributed by atoms with Crippen LogP contribution in [0.15, 0.2) is 71.8 Å². The van der Waals surface area contributed by atoms with E-state index < -0.39 is 11.8 Å². The van der Waals surface area contributed by atoms with Crippen molar-refractivity contribution in [3.8, 4) is 5.75 Å². The number of rotatable bonds is 6. The third kappa shape index (κ3) is 6.57. The molecule has 2 amide bonds. The van der Waals surface area contributed by atoms with E-state index in [0.717, 1.165) is 11.1 Å². The third-order valence-corrected chi connectivity index (χ3v) is 5.00. The summed E-state index contributed by atoms with van der Waals surface area (Å²) in [5, 5.41) is 7.41. The molecule has 0 bridgehead atoms. The Balaban J connectivity index is 1.53. The molecule has 0 radical (unpaired) electrons. The second-order valence-electron chi connectivity index (χ2n) is 6.57. The van der Waals surface area contributed by atoms with Crippen LogP contribution in [0.25, 0.3) is 0 Å².